The van der Waals surface area contributed by atoms with E-state index in [0.717, 1.165) is 12.8 Å². The van der Waals surface area contributed by atoms with Crippen molar-refractivity contribution in [1.29, 1.82) is 0 Å². The first-order valence-corrected chi connectivity index (χ1v) is 6.54. The number of alkyl carbamates (subject to hydrolysis) is 1. The number of amides is 1. The fourth-order valence-corrected chi connectivity index (χ4v) is 1.53. The molecule has 0 bridgehead atoms. The molecule has 20 heavy (non-hydrogen) atoms. The zero-order valence-corrected chi connectivity index (χ0v) is 11.7. The predicted molar refractivity (Wildman–Crippen MR) is 81.7 cm³/mol. The van der Waals surface area contributed by atoms with Crippen molar-refractivity contribution in [2.75, 3.05) is 6.61 Å². The number of ether oxygens (including phenoxy) is 1. The standard InChI is InChI=1S/C16H20N2O2/c1-3-15(13-17-4-2)18-16(19)20-12-8-11-14-9-6-5-7-10-14/h3-7,9-10,13H,1,8,11-12H2,2H3,(H,18,19)/b15-13+,17-4?. The summed E-state index contributed by atoms with van der Waals surface area (Å²) in [5, 5.41) is 2.57. The smallest absolute Gasteiger partial charge is 0.411 e. The first-order valence-electron chi connectivity index (χ1n) is 6.54. The average Bonchev–Trinajstić information content (AvgIpc) is 2.49. The highest BCUT2D eigenvalue weighted by molar-refractivity contribution is 5.70. The molecule has 106 valence electrons. The van der Waals surface area contributed by atoms with Crippen LogP contribution in [-0.4, -0.2) is 18.9 Å². The maximum absolute atomic E-state index is 11.5. The van der Waals surface area contributed by atoms with E-state index in [1.54, 1.807) is 13.1 Å². The quantitative estimate of drug-likeness (QED) is 0.469. The maximum atomic E-state index is 11.5. The van der Waals surface area contributed by atoms with Crippen molar-refractivity contribution in [3.8, 4) is 0 Å². The topological polar surface area (TPSA) is 50.7 Å². The highest BCUT2D eigenvalue weighted by Crippen LogP contribution is 2.02. The lowest BCUT2D eigenvalue weighted by atomic mass is 10.1. The predicted octanol–water partition coefficient (Wildman–Crippen LogP) is 3.46. The Morgan fingerprint density at radius 3 is 2.80 bits per heavy atom. The molecule has 0 radical (unpaired) electrons. The monoisotopic (exact) mass is 272 g/mol. The lowest BCUT2D eigenvalue weighted by molar-refractivity contribution is 0.148. The van der Waals surface area contributed by atoms with Gasteiger partial charge in [-0.05, 0) is 31.4 Å². The van der Waals surface area contributed by atoms with Gasteiger partial charge in [0.05, 0.1) is 18.5 Å². The molecule has 0 aliphatic heterocycles. The van der Waals surface area contributed by atoms with E-state index in [1.165, 1.54) is 17.8 Å². The van der Waals surface area contributed by atoms with Crippen molar-refractivity contribution in [2.45, 2.75) is 19.8 Å². The summed E-state index contributed by atoms with van der Waals surface area (Å²) >= 11 is 0. The molecule has 4 nitrogen and oxygen atoms in total. The third kappa shape index (κ3) is 6.54. The Morgan fingerprint density at radius 2 is 2.15 bits per heavy atom. The molecule has 0 aromatic heterocycles. The summed E-state index contributed by atoms with van der Waals surface area (Å²) in [5.74, 6) is 0. The molecular weight excluding hydrogens is 252 g/mol. The van der Waals surface area contributed by atoms with Crippen LogP contribution in [0.25, 0.3) is 0 Å². The van der Waals surface area contributed by atoms with Crippen molar-refractivity contribution in [3.05, 3.63) is 60.4 Å². The highest BCUT2D eigenvalue weighted by atomic mass is 16.5. The molecule has 1 aromatic rings. The molecule has 0 fully saturated rings. The van der Waals surface area contributed by atoms with Crippen LogP contribution in [0.4, 0.5) is 4.79 Å². The third-order valence-corrected chi connectivity index (χ3v) is 2.51. The molecule has 0 heterocycles. The lowest BCUT2D eigenvalue weighted by Gasteiger charge is -2.07. The minimum atomic E-state index is -0.490. The number of hydrogen-bond donors (Lipinski definition) is 1. The van der Waals surface area contributed by atoms with Crippen LogP contribution < -0.4 is 5.32 Å². The maximum Gasteiger partial charge on any atom is 0.411 e. The number of aryl methyl sites for hydroxylation is 1. The van der Waals surface area contributed by atoms with Gasteiger partial charge in [-0.3, -0.25) is 10.3 Å². The molecular formula is C16H20N2O2. The minimum absolute atomic E-state index is 0.377. The van der Waals surface area contributed by atoms with Crippen molar-refractivity contribution < 1.29 is 9.53 Å². The molecule has 0 aliphatic rings. The fourth-order valence-electron chi connectivity index (χ4n) is 1.53. The summed E-state index contributed by atoms with van der Waals surface area (Å²) in [6, 6.07) is 10.1. The van der Waals surface area contributed by atoms with Gasteiger partial charge in [-0.25, -0.2) is 4.79 Å². The third-order valence-electron chi connectivity index (χ3n) is 2.51. The van der Waals surface area contributed by atoms with E-state index in [2.05, 4.69) is 29.0 Å². The second-order valence-electron chi connectivity index (χ2n) is 4.05. The number of rotatable bonds is 7. The second-order valence-corrected chi connectivity index (χ2v) is 4.05. The molecule has 0 saturated carbocycles. The summed E-state index contributed by atoms with van der Waals surface area (Å²) < 4.78 is 5.09. The summed E-state index contributed by atoms with van der Waals surface area (Å²) in [5.41, 5.74) is 1.75. The number of aliphatic imine (C=N–C) groups is 1. The van der Waals surface area contributed by atoms with E-state index in [-0.39, 0.29) is 0 Å². The summed E-state index contributed by atoms with van der Waals surface area (Å²) in [6.45, 7) is 5.76. The van der Waals surface area contributed by atoms with Crippen LogP contribution in [0.5, 0.6) is 0 Å². The summed E-state index contributed by atoms with van der Waals surface area (Å²) in [7, 11) is 0. The molecule has 0 aliphatic carbocycles. The van der Waals surface area contributed by atoms with Gasteiger partial charge in [0.1, 0.15) is 0 Å². The van der Waals surface area contributed by atoms with Gasteiger partial charge in [-0.2, -0.15) is 0 Å². The largest absolute Gasteiger partial charge is 0.449 e. The Labute approximate surface area is 119 Å². The molecule has 1 N–H and O–H groups in total. The SMILES string of the molecule is C=C/C(=C\N=CC)NC(=O)OCCCc1ccccc1. The van der Waals surface area contributed by atoms with Crippen LogP contribution in [0, 0.1) is 0 Å². The molecule has 1 amide bonds. The Hall–Kier alpha value is -2.36. The first kappa shape index (κ1) is 15.7. The molecule has 0 spiro atoms. The van der Waals surface area contributed by atoms with Crippen LogP contribution in [0.2, 0.25) is 0 Å². The van der Waals surface area contributed by atoms with Crippen molar-refractivity contribution in [1.82, 2.24) is 5.32 Å². The van der Waals surface area contributed by atoms with Gasteiger partial charge in [0.15, 0.2) is 0 Å². The van der Waals surface area contributed by atoms with Crippen LogP contribution >= 0.6 is 0 Å². The van der Waals surface area contributed by atoms with Crippen LogP contribution in [0.3, 0.4) is 0 Å². The van der Waals surface area contributed by atoms with Crippen LogP contribution in [-0.2, 0) is 11.2 Å². The highest BCUT2D eigenvalue weighted by Gasteiger charge is 2.02. The van der Waals surface area contributed by atoms with Gasteiger partial charge in [-0.1, -0.05) is 36.9 Å². The van der Waals surface area contributed by atoms with E-state index in [4.69, 9.17) is 4.74 Å². The second kappa shape index (κ2) is 9.55. The van der Waals surface area contributed by atoms with Crippen LogP contribution in [0.15, 0.2) is 59.9 Å². The number of carbonyl (C=O) groups excluding carboxylic acids is 1. The van der Waals surface area contributed by atoms with E-state index >= 15 is 0 Å². The lowest BCUT2D eigenvalue weighted by Crippen LogP contribution is -2.23. The van der Waals surface area contributed by atoms with Gasteiger partial charge in [-0.15, -0.1) is 0 Å². The molecule has 4 heteroatoms. The van der Waals surface area contributed by atoms with E-state index in [0.29, 0.717) is 12.3 Å². The minimum Gasteiger partial charge on any atom is -0.449 e. The Morgan fingerprint density at radius 1 is 1.40 bits per heavy atom. The summed E-state index contributed by atoms with van der Waals surface area (Å²) in [6.07, 6.45) is 5.83. The molecule has 1 rings (SSSR count). The fraction of sp³-hybridized carbons (Fsp3) is 0.250. The Balaban J connectivity index is 2.24. The normalized spacial score (nSPS) is 11.3. The molecule has 0 saturated heterocycles. The van der Waals surface area contributed by atoms with Crippen LogP contribution in [0.1, 0.15) is 18.9 Å². The van der Waals surface area contributed by atoms with Crippen molar-refractivity contribution in [2.24, 2.45) is 4.99 Å². The number of hydrogen-bond acceptors (Lipinski definition) is 3. The molecule has 0 atom stereocenters. The number of benzene rings is 1. The van der Waals surface area contributed by atoms with E-state index in [9.17, 15) is 4.79 Å². The van der Waals surface area contributed by atoms with E-state index in [1.807, 2.05) is 18.2 Å². The number of nitrogens with zero attached hydrogens (tertiary/aromatic N) is 1. The van der Waals surface area contributed by atoms with Crippen molar-refractivity contribution in [3.63, 3.8) is 0 Å². The zero-order chi connectivity index (χ0) is 14.6. The number of nitrogens with one attached hydrogen (secondary N) is 1. The average molecular weight is 272 g/mol. The number of allylic oxidation sites excluding steroid dienone is 1. The van der Waals surface area contributed by atoms with E-state index < -0.39 is 6.09 Å². The molecule has 1 aromatic carbocycles. The van der Waals surface area contributed by atoms with Gasteiger partial charge in [0, 0.05) is 6.21 Å². The number of carbonyl (C=O) groups is 1. The van der Waals surface area contributed by atoms with Gasteiger partial charge >= 0.3 is 6.09 Å². The van der Waals surface area contributed by atoms with Gasteiger partial charge in [0.25, 0.3) is 0 Å². The molecule has 0 unspecified atom stereocenters. The van der Waals surface area contributed by atoms with Gasteiger partial charge in [0.2, 0.25) is 0 Å². The Kier molecular flexibility index (Phi) is 7.50. The van der Waals surface area contributed by atoms with Crippen molar-refractivity contribution >= 4 is 12.3 Å². The first-order chi connectivity index (χ1) is 9.76. The Bertz CT molecular complexity index is 479. The van der Waals surface area contributed by atoms with Gasteiger partial charge < -0.3 is 4.74 Å². The zero-order valence-electron chi connectivity index (χ0n) is 11.7. The summed E-state index contributed by atoms with van der Waals surface area (Å²) in [4.78, 5) is 15.4.